The minimum absolute atomic E-state index is 0.169. The van der Waals surface area contributed by atoms with Crippen molar-refractivity contribution in [1.29, 1.82) is 0 Å². The second kappa shape index (κ2) is 11.1. The number of nitrogens with zero attached hydrogens (tertiary/aromatic N) is 2. The third kappa shape index (κ3) is 5.76. The summed E-state index contributed by atoms with van der Waals surface area (Å²) < 4.78 is 10.8. The first kappa shape index (κ1) is 23.1. The quantitative estimate of drug-likeness (QED) is 0.474. The van der Waals surface area contributed by atoms with Crippen LogP contribution < -0.4 is 14.5 Å². The summed E-state index contributed by atoms with van der Waals surface area (Å²) >= 11 is 0. The smallest absolute Gasteiger partial charge is 0.410 e. The lowest BCUT2D eigenvalue weighted by atomic mass is 10.2. The van der Waals surface area contributed by atoms with E-state index in [1.165, 1.54) is 17.7 Å². The first-order valence-corrected chi connectivity index (χ1v) is 11.4. The molecule has 3 rings (SSSR count). The van der Waals surface area contributed by atoms with Crippen LogP contribution in [0.2, 0.25) is 0 Å². The second-order valence-electron chi connectivity index (χ2n) is 8.07. The highest BCUT2D eigenvalue weighted by Crippen LogP contribution is 2.25. The van der Waals surface area contributed by atoms with Gasteiger partial charge in [0.1, 0.15) is 5.75 Å². The fraction of sp³-hybridized carbons (Fsp3) is 0.609. The third-order valence-corrected chi connectivity index (χ3v) is 5.93. The number of anilines is 1. The number of amides is 3. The standard InChI is InChI=1S/C23H33N3O5/c1-3-5-6-7-16-31-19-10-8-18(9-11-19)26-21(27)17-20(22(26)28)24-12-14-25(15-13-24)23(29)30-4-2/h8-11,20H,3-7,12-17H2,1-2H3/p+1/t20-/m1/s1. The Hall–Kier alpha value is -2.61. The van der Waals surface area contributed by atoms with Crippen molar-refractivity contribution in [3.8, 4) is 5.75 Å². The van der Waals surface area contributed by atoms with Crippen molar-refractivity contribution in [2.45, 2.75) is 52.0 Å². The fourth-order valence-corrected chi connectivity index (χ4v) is 4.17. The molecule has 1 atom stereocenters. The molecule has 2 saturated heterocycles. The number of piperazine rings is 1. The maximum Gasteiger partial charge on any atom is 0.410 e. The topological polar surface area (TPSA) is 80.6 Å². The van der Waals surface area contributed by atoms with Crippen molar-refractivity contribution >= 4 is 23.6 Å². The highest BCUT2D eigenvalue weighted by molar-refractivity contribution is 6.21. The summed E-state index contributed by atoms with van der Waals surface area (Å²) in [7, 11) is 0. The zero-order valence-corrected chi connectivity index (χ0v) is 18.6. The number of nitrogens with one attached hydrogen (secondary N) is 1. The van der Waals surface area contributed by atoms with Gasteiger partial charge in [0.25, 0.3) is 5.91 Å². The Morgan fingerprint density at radius 3 is 2.42 bits per heavy atom. The Morgan fingerprint density at radius 2 is 1.77 bits per heavy atom. The molecule has 0 aliphatic carbocycles. The molecule has 1 N–H and O–H groups in total. The van der Waals surface area contributed by atoms with Crippen molar-refractivity contribution in [3.63, 3.8) is 0 Å². The summed E-state index contributed by atoms with van der Waals surface area (Å²) in [5, 5.41) is 0. The summed E-state index contributed by atoms with van der Waals surface area (Å²) in [5.41, 5.74) is 0.584. The number of benzene rings is 1. The maximum atomic E-state index is 13.0. The molecule has 170 valence electrons. The SMILES string of the molecule is CCCCCCOc1ccc(N2C(=O)C[C@@H]([NH+]3CCN(C(=O)OCC)CC3)C2=O)cc1. The second-order valence-corrected chi connectivity index (χ2v) is 8.07. The number of ether oxygens (including phenoxy) is 2. The van der Waals surface area contributed by atoms with Crippen LogP contribution >= 0.6 is 0 Å². The molecular weight excluding hydrogens is 398 g/mol. The molecule has 0 radical (unpaired) electrons. The Balaban J connectivity index is 1.54. The molecule has 1 aromatic carbocycles. The largest absolute Gasteiger partial charge is 0.494 e. The van der Waals surface area contributed by atoms with E-state index in [0.29, 0.717) is 45.1 Å². The lowest BCUT2D eigenvalue weighted by Crippen LogP contribution is -3.19. The number of hydrogen-bond acceptors (Lipinski definition) is 5. The normalized spacial score (nSPS) is 19.7. The Bertz CT molecular complexity index is 759. The predicted octanol–water partition coefficient (Wildman–Crippen LogP) is 1.63. The van der Waals surface area contributed by atoms with Gasteiger partial charge in [-0.15, -0.1) is 0 Å². The number of carbonyl (C=O) groups excluding carboxylic acids is 3. The van der Waals surface area contributed by atoms with Crippen LogP contribution in [0, 0.1) is 0 Å². The molecule has 8 heteroatoms. The van der Waals surface area contributed by atoms with Crippen molar-refractivity contribution in [2.75, 3.05) is 44.3 Å². The van der Waals surface area contributed by atoms with Crippen molar-refractivity contribution in [1.82, 2.24) is 4.90 Å². The molecule has 2 fully saturated rings. The number of unbranched alkanes of at least 4 members (excludes halogenated alkanes) is 3. The summed E-state index contributed by atoms with van der Waals surface area (Å²) in [4.78, 5) is 41.5. The van der Waals surface area contributed by atoms with Gasteiger partial charge in [0.2, 0.25) is 5.91 Å². The van der Waals surface area contributed by atoms with Gasteiger partial charge in [-0.3, -0.25) is 14.5 Å². The Kier molecular flexibility index (Phi) is 8.28. The van der Waals surface area contributed by atoms with Crippen LogP contribution in [0.15, 0.2) is 24.3 Å². The summed E-state index contributed by atoms with van der Waals surface area (Å²) in [6, 6.07) is 6.77. The molecule has 2 aliphatic rings. The van der Waals surface area contributed by atoms with Crippen molar-refractivity contribution in [3.05, 3.63) is 24.3 Å². The van der Waals surface area contributed by atoms with Crippen LogP contribution in [0.5, 0.6) is 5.75 Å². The lowest BCUT2D eigenvalue weighted by Gasteiger charge is -2.33. The van der Waals surface area contributed by atoms with Gasteiger partial charge in [0.15, 0.2) is 6.04 Å². The number of hydrogen-bond donors (Lipinski definition) is 1. The molecule has 31 heavy (non-hydrogen) atoms. The molecule has 0 aromatic heterocycles. The van der Waals surface area contributed by atoms with E-state index in [2.05, 4.69) is 6.92 Å². The average Bonchev–Trinajstić information content (AvgIpc) is 3.08. The van der Waals surface area contributed by atoms with Crippen LogP contribution in [0.3, 0.4) is 0 Å². The number of carbonyl (C=O) groups is 3. The Labute approximate surface area is 184 Å². The molecular formula is C23H34N3O5+. The maximum absolute atomic E-state index is 13.0. The van der Waals surface area contributed by atoms with Crippen molar-refractivity contribution in [2.24, 2.45) is 0 Å². The average molecular weight is 433 g/mol. The minimum atomic E-state index is -0.397. The van der Waals surface area contributed by atoms with E-state index in [1.54, 1.807) is 24.0 Å². The van der Waals surface area contributed by atoms with Crippen molar-refractivity contribution < 1.29 is 28.8 Å². The highest BCUT2D eigenvalue weighted by Gasteiger charge is 2.46. The zero-order valence-electron chi connectivity index (χ0n) is 18.6. The molecule has 2 aliphatic heterocycles. The summed E-state index contributed by atoms with van der Waals surface area (Å²) in [6.07, 6.45) is 4.46. The molecule has 2 heterocycles. The highest BCUT2D eigenvalue weighted by atomic mass is 16.6. The first-order chi connectivity index (χ1) is 15.0. The molecule has 3 amide bonds. The van der Waals surface area contributed by atoms with E-state index in [1.807, 2.05) is 12.1 Å². The van der Waals surface area contributed by atoms with Crippen LogP contribution in [0.25, 0.3) is 0 Å². The predicted molar refractivity (Wildman–Crippen MR) is 116 cm³/mol. The van der Waals surface area contributed by atoms with Crippen LogP contribution in [-0.2, 0) is 14.3 Å². The molecule has 0 spiro atoms. The van der Waals surface area contributed by atoms with Gasteiger partial charge in [0, 0.05) is 0 Å². The number of quaternary nitrogens is 1. The van der Waals surface area contributed by atoms with Gasteiger partial charge < -0.3 is 14.4 Å². The van der Waals surface area contributed by atoms with Crippen LogP contribution in [0.1, 0.15) is 46.0 Å². The van der Waals surface area contributed by atoms with Gasteiger partial charge in [-0.25, -0.2) is 9.69 Å². The molecule has 8 nitrogen and oxygen atoms in total. The van der Waals surface area contributed by atoms with Gasteiger partial charge in [-0.05, 0) is 37.6 Å². The molecule has 0 saturated carbocycles. The molecule has 1 aromatic rings. The van der Waals surface area contributed by atoms with Crippen LogP contribution in [0.4, 0.5) is 10.5 Å². The number of imide groups is 1. The molecule has 0 bridgehead atoms. The van der Waals surface area contributed by atoms with Crippen LogP contribution in [-0.4, -0.2) is 68.2 Å². The minimum Gasteiger partial charge on any atom is -0.494 e. The molecule has 0 unspecified atom stereocenters. The Morgan fingerprint density at radius 1 is 1.06 bits per heavy atom. The third-order valence-electron chi connectivity index (χ3n) is 5.93. The van der Waals surface area contributed by atoms with E-state index >= 15 is 0 Å². The fourth-order valence-electron chi connectivity index (χ4n) is 4.17. The van der Waals surface area contributed by atoms with Gasteiger partial charge in [0.05, 0.1) is 51.5 Å². The van der Waals surface area contributed by atoms with Gasteiger partial charge >= 0.3 is 6.09 Å². The van der Waals surface area contributed by atoms with E-state index in [4.69, 9.17) is 9.47 Å². The zero-order chi connectivity index (χ0) is 22.2. The van der Waals surface area contributed by atoms with E-state index < -0.39 is 6.04 Å². The number of rotatable bonds is 9. The summed E-state index contributed by atoms with van der Waals surface area (Å²) in [6.45, 7) is 7.28. The lowest BCUT2D eigenvalue weighted by molar-refractivity contribution is -0.918. The summed E-state index contributed by atoms with van der Waals surface area (Å²) in [5.74, 6) is 0.401. The van der Waals surface area contributed by atoms with E-state index in [0.717, 1.165) is 23.5 Å². The van der Waals surface area contributed by atoms with Gasteiger partial charge in [-0.1, -0.05) is 26.2 Å². The van der Waals surface area contributed by atoms with Gasteiger partial charge in [-0.2, -0.15) is 0 Å². The monoisotopic (exact) mass is 432 g/mol. The van der Waals surface area contributed by atoms with E-state index in [9.17, 15) is 14.4 Å². The first-order valence-electron chi connectivity index (χ1n) is 11.4. The van der Waals surface area contributed by atoms with E-state index in [-0.39, 0.29) is 24.3 Å².